The Balaban J connectivity index is 1.56. The quantitative estimate of drug-likeness (QED) is 0.774. The summed E-state index contributed by atoms with van der Waals surface area (Å²) in [5.41, 5.74) is 1.49. The van der Waals surface area contributed by atoms with Crippen molar-refractivity contribution in [1.29, 1.82) is 0 Å². The Morgan fingerprint density at radius 1 is 1.15 bits per heavy atom. The van der Waals surface area contributed by atoms with E-state index in [1.807, 2.05) is 6.92 Å². The van der Waals surface area contributed by atoms with Crippen molar-refractivity contribution in [3.63, 3.8) is 0 Å². The van der Waals surface area contributed by atoms with Crippen LogP contribution in [0.5, 0.6) is 5.75 Å². The first-order valence-corrected chi connectivity index (χ1v) is 8.66. The summed E-state index contributed by atoms with van der Waals surface area (Å²) in [4.78, 5) is 24.2. The minimum Gasteiger partial charge on any atom is -0.434 e. The molecule has 0 saturated heterocycles. The van der Waals surface area contributed by atoms with Crippen molar-refractivity contribution in [3.05, 3.63) is 59.7 Å². The van der Waals surface area contributed by atoms with Gasteiger partial charge in [0.15, 0.2) is 0 Å². The van der Waals surface area contributed by atoms with Crippen LogP contribution in [0.1, 0.15) is 29.3 Å². The fourth-order valence-corrected chi connectivity index (χ4v) is 2.77. The number of carbonyl (C=O) groups excluding carboxylic acids is 2. The molecule has 0 bridgehead atoms. The smallest absolute Gasteiger partial charge is 0.387 e. The second kappa shape index (κ2) is 8.16. The van der Waals surface area contributed by atoms with Crippen molar-refractivity contribution in [1.82, 2.24) is 5.32 Å². The van der Waals surface area contributed by atoms with Crippen LogP contribution in [-0.2, 0) is 11.3 Å². The maximum Gasteiger partial charge on any atom is 0.387 e. The average Bonchev–Trinajstić information content (AvgIpc) is 3.38. The summed E-state index contributed by atoms with van der Waals surface area (Å²) in [5, 5.41) is 5.50. The second-order valence-corrected chi connectivity index (χ2v) is 6.55. The number of rotatable bonds is 7. The molecule has 1 aliphatic rings. The average molecular weight is 374 g/mol. The van der Waals surface area contributed by atoms with Crippen LogP contribution in [0.4, 0.5) is 14.5 Å². The fraction of sp³-hybridized carbons (Fsp3) is 0.300. The van der Waals surface area contributed by atoms with E-state index in [9.17, 15) is 18.4 Å². The molecular weight excluding hydrogens is 354 g/mol. The van der Waals surface area contributed by atoms with E-state index in [0.717, 1.165) is 6.42 Å². The normalized spacial score (nSPS) is 18.1. The van der Waals surface area contributed by atoms with Crippen LogP contribution < -0.4 is 15.4 Å². The third-order valence-corrected chi connectivity index (χ3v) is 4.49. The summed E-state index contributed by atoms with van der Waals surface area (Å²) in [7, 11) is 0. The Morgan fingerprint density at radius 3 is 2.44 bits per heavy atom. The van der Waals surface area contributed by atoms with Crippen molar-refractivity contribution in [2.45, 2.75) is 26.5 Å². The summed E-state index contributed by atoms with van der Waals surface area (Å²) in [6.07, 6.45) is 0.906. The lowest BCUT2D eigenvalue weighted by Gasteiger charge is -2.11. The van der Waals surface area contributed by atoms with Crippen LogP contribution in [-0.4, -0.2) is 18.4 Å². The first-order valence-electron chi connectivity index (χ1n) is 8.66. The summed E-state index contributed by atoms with van der Waals surface area (Å²) in [6, 6.07) is 12.8. The van der Waals surface area contributed by atoms with E-state index in [0.29, 0.717) is 22.7 Å². The highest BCUT2D eigenvalue weighted by Gasteiger charge is 2.39. The molecule has 1 fully saturated rings. The molecule has 2 atom stereocenters. The number of benzene rings is 2. The van der Waals surface area contributed by atoms with Gasteiger partial charge in [-0.25, -0.2) is 0 Å². The van der Waals surface area contributed by atoms with Gasteiger partial charge in [-0.3, -0.25) is 9.59 Å². The van der Waals surface area contributed by atoms with Gasteiger partial charge in [0, 0.05) is 29.3 Å². The first kappa shape index (κ1) is 18.8. The first-order chi connectivity index (χ1) is 12.9. The predicted octanol–water partition coefficient (Wildman–Crippen LogP) is 3.81. The molecule has 2 unspecified atom stereocenters. The Morgan fingerprint density at radius 2 is 1.81 bits per heavy atom. The highest BCUT2D eigenvalue weighted by atomic mass is 19.3. The van der Waals surface area contributed by atoms with Gasteiger partial charge in [-0.2, -0.15) is 8.78 Å². The van der Waals surface area contributed by atoms with Gasteiger partial charge in [0.25, 0.3) is 5.91 Å². The van der Waals surface area contributed by atoms with Crippen LogP contribution in [0.3, 0.4) is 0 Å². The number of para-hydroxylation sites is 1. The monoisotopic (exact) mass is 374 g/mol. The zero-order valence-corrected chi connectivity index (χ0v) is 14.7. The van der Waals surface area contributed by atoms with E-state index in [4.69, 9.17) is 0 Å². The molecule has 5 nitrogen and oxygen atoms in total. The van der Waals surface area contributed by atoms with Gasteiger partial charge < -0.3 is 15.4 Å². The number of alkyl halides is 2. The van der Waals surface area contributed by atoms with Crippen molar-refractivity contribution < 1.29 is 23.1 Å². The van der Waals surface area contributed by atoms with Crippen LogP contribution >= 0.6 is 0 Å². The highest BCUT2D eigenvalue weighted by Crippen LogP contribution is 2.38. The largest absolute Gasteiger partial charge is 0.434 e. The zero-order valence-electron chi connectivity index (χ0n) is 14.7. The maximum absolute atomic E-state index is 12.4. The zero-order chi connectivity index (χ0) is 19.4. The molecule has 0 heterocycles. The lowest BCUT2D eigenvalue weighted by atomic mass is 10.1. The third-order valence-electron chi connectivity index (χ3n) is 4.49. The molecule has 2 aromatic rings. The summed E-state index contributed by atoms with van der Waals surface area (Å²) in [6.45, 7) is -0.842. The number of carbonyl (C=O) groups is 2. The minimum atomic E-state index is -2.93. The number of hydrogen-bond donors (Lipinski definition) is 2. The van der Waals surface area contributed by atoms with Gasteiger partial charge in [0.2, 0.25) is 5.91 Å². The van der Waals surface area contributed by atoms with Crippen molar-refractivity contribution >= 4 is 17.5 Å². The molecule has 7 heteroatoms. The summed E-state index contributed by atoms with van der Waals surface area (Å²) in [5.74, 6) is 0.168. The molecular formula is C20H20F2N2O3. The van der Waals surface area contributed by atoms with E-state index >= 15 is 0 Å². The van der Waals surface area contributed by atoms with Crippen molar-refractivity contribution in [2.75, 3.05) is 5.32 Å². The van der Waals surface area contributed by atoms with Crippen LogP contribution in [0.2, 0.25) is 0 Å². The number of nitrogens with one attached hydrogen (secondary N) is 2. The van der Waals surface area contributed by atoms with E-state index in [1.54, 1.807) is 42.5 Å². The van der Waals surface area contributed by atoms with E-state index in [2.05, 4.69) is 15.4 Å². The fourth-order valence-electron chi connectivity index (χ4n) is 2.77. The number of anilines is 1. The Bertz CT molecular complexity index is 824. The molecule has 2 amide bonds. The third kappa shape index (κ3) is 5.03. The molecule has 2 aromatic carbocycles. The van der Waals surface area contributed by atoms with Crippen molar-refractivity contribution in [3.8, 4) is 5.75 Å². The number of amides is 2. The molecule has 27 heavy (non-hydrogen) atoms. The van der Waals surface area contributed by atoms with Gasteiger partial charge in [-0.1, -0.05) is 25.1 Å². The van der Waals surface area contributed by atoms with Crippen LogP contribution in [0, 0.1) is 11.8 Å². The standard InChI is InChI=1S/C20H20F2N2O3/c1-12-10-16(12)19(26)24-15-8-6-13(7-9-15)18(25)23-11-14-4-2-3-5-17(14)27-20(21)22/h2-9,12,16,20H,10-11H2,1H3,(H,23,25)(H,24,26). The number of ether oxygens (including phenoxy) is 1. The molecule has 1 saturated carbocycles. The number of halogens is 2. The molecule has 2 N–H and O–H groups in total. The number of hydrogen-bond acceptors (Lipinski definition) is 3. The van der Waals surface area contributed by atoms with Gasteiger partial charge in [-0.05, 0) is 42.7 Å². The highest BCUT2D eigenvalue weighted by molar-refractivity contribution is 5.97. The lowest BCUT2D eigenvalue weighted by molar-refractivity contribution is -0.117. The molecule has 0 aromatic heterocycles. The Kier molecular flexibility index (Phi) is 5.69. The topological polar surface area (TPSA) is 67.4 Å². The summed E-state index contributed by atoms with van der Waals surface area (Å²) >= 11 is 0. The van der Waals surface area contributed by atoms with Crippen LogP contribution in [0.25, 0.3) is 0 Å². The van der Waals surface area contributed by atoms with Gasteiger partial charge in [-0.15, -0.1) is 0 Å². The molecule has 3 rings (SSSR count). The SMILES string of the molecule is CC1CC1C(=O)Nc1ccc(C(=O)NCc2ccccc2OC(F)F)cc1. The maximum atomic E-state index is 12.4. The molecule has 0 radical (unpaired) electrons. The Hall–Kier alpha value is -2.96. The molecule has 0 spiro atoms. The van der Waals surface area contributed by atoms with Gasteiger partial charge >= 0.3 is 6.61 Å². The molecule has 1 aliphatic carbocycles. The molecule has 0 aliphatic heterocycles. The second-order valence-electron chi connectivity index (χ2n) is 6.55. The predicted molar refractivity (Wildman–Crippen MR) is 96.6 cm³/mol. The van der Waals surface area contributed by atoms with Crippen molar-refractivity contribution in [2.24, 2.45) is 11.8 Å². The lowest BCUT2D eigenvalue weighted by Crippen LogP contribution is -2.23. The van der Waals surface area contributed by atoms with E-state index in [1.165, 1.54) is 6.07 Å². The van der Waals surface area contributed by atoms with E-state index < -0.39 is 6.61 Å². The van der Waals surface area contributed by atoms with Gasteiger partial charge in [0.05, 0.1) is 0 Å². The molecule has 142 valence electrons. The van der Waals surface area contributed by atoms with Crippen LogP contribution in [0.15, 0.2) is 48.5 Å². The Labute approximate surface area is 155 Å². The minimum absolute atomic E-state index is 0.00432. The summed E-state index contributed by atoms with van der Waals surface area (Å²) < 4.78 is 29.3. The van der Waals surface area contributed by atoms with E-state index in [-0.39, 0.29) is 30.0 Å². The van der Waals surface area contributed by atoms with Gasteiger partial charge in [0.1, 0.15) is 5.75 Å².